The van der Waals surface area contributed by atoms with E-state index in [0.29, 0.717) is 0 Å². The highest BCUT2D eigenvalue weighted by Gasteiger charge is 1.92. The van der Waals surface area contributed by atoms with Gasteiger partial charge in [0.1, 0.15) is 0 Å². The molecule has 0 bridgehead atoms. The average molecular weight is 302 g/mol. The topological polar surface area (TPSA) is 0 Å². The summed E-state index contributed by atoms with van der Waals surface area (Å²) in [4.78, 5) is 0. The first-order valence-corrected chi connectivity index (χ1v) is 9.18. The Balaban J connectivity index is 3.02. The lowest BCUT2D eigenvalue weighted by Crippen LogP contribution is -1.82. The summed E-state index contributed by atoms with van der Waals surface area (Å²) in [6, 6.07) is 0. The smallest absolute Gasteiger partial charge is 0.0894 e. The van der Waals surface area contributed by atoms with Gasteiger partial charge in [0, 0.05) is 0 Å². The van der Waals surface area contributed by atoms with Crippen molar-refractivity contribution >= 4 is 0 Å². The molecule has 2 heteroatoms. The molecule has 0 atom stereocenters. The monoisotopic (exact) mass is 302 g/mol. The van der Waals surface area contributed by atoms with E-state index >= 15 is 0 Å². The second-order valence-corrected chi connectivity index (χ2v) is 6.02. The lowest BCUT2D eigenvalue weighted by Gasteiger charge is -2.00. The average Bonchev–Trinajstić information content (AvgIpc) is 2.50. The standard InChI is InChI=1S/C19H36F2/c20-18-16-14-12-10-8-6-4-2-1-3-5-7-9-11-13-15-17-19-21/h1-2H,3-19H2. The second kappa shape index (κ2) is 19.6. The van der Waals surface area contributed by atoms with Crippen LogP contribution in [-0.2, 0) is 0 Å². The van der Waals surface area contributed by atoms with Crippen LogP contribution < -0.4 is 0 Å². The van der Waals surface area contributed by atoms with Gasteiger partial charge in [0.25, 0.3) is 0 Å². The summed E-state index contributed by atoms with van der Waals surface area (Å²) >= 11 is 0. The number of rotatable bonds is 17. The third-order valence-corrected chi connectivity index (χ3v) is 3.93. The minimum atomic E-state index is -0.152. The van der Waals surface area contributed by atoms with Gasteiger partial charge in [-0.2, -0.15) is 0 Å². The molecule has 0 heterocycles. The van der Waals surface area contributed by atoms with Crippen LogP contribution in [0.5, 0.6) is 0 Å². The summed E-state index contributed by atoms with van der Waals surface area (Å²) in [5.74, 6) is 0. The van der Waals surface area contributed by atoms with Gasteiger partial charge in [-0.1, -0.05) is 69.9 Å². The van der Waals surface area contributed by atoms with E-state index in [-0.39, 0.29) is 13.3 Å². The van der Waals surface area contributed by atoms with E-state index in [4.69, 9.17) is 0 Å². The second-order valence-electron chi connectivity index (χ2n) is 6.02. The van der Waals surface area contributed by atoms with Crippen molar-refractivity contribution in [3.8, 4) is 0 Å². The molecule has 0 nitrogen and oxygen atoms in total. The first-order valence-electron chi connectivity index (χ1n) is 9.18. The summed E-state index contributed by atoms with van der Waals surface area (Å²) in [7, 11) is 0. The van der Waals surface area contributed by atoms with E-state index in [1.165, 1.54) is 70.6 Å². The highest BCUT2D eigenvalue weighted by Crippen LogP contribution is 2.10. The maximum Gasteiger partial charge on any atom is 0.0894 e. The summed E-state index contributed by atoms with van der Waals surface area (Å²) in [5.41, 5.74) is 0. The highest BCUT2D eigenvalue weighted by molar-refractivity contribution is 4.81. The van der Waals surface area contributed by atoms with E-state index in [0.717, 1.165) is 25.7 Å². The van der Waals surface area contributed by atoms with Crippen LogP contribution in [0.3, 0.4) is 0 Å². The van der Waals surface area contributed by atoms with Crippen molar-refractivity contribution in [3.05, 3.63) is 12.2 Å². The Kier molecular flexibility index (Phi) is 19.2. The number of hydrogen-bond donors (Lipinski definition) is 0. The first kappa shape index (κ1) is 20.6. The van der Waals surface area contributed by atoms with Gasteiger partial charge < -0.3 is 0 Å². The van der Waals surface area contributed by atoms with Crippen LogP contribution in [0.15, 0.2) is 12.2 Å². The zero-order valence-corrected chi connectivity index (χ0v) is 13.9. The Hall–Kier alpha value is -0.400. The zero-order chi connectivity index (χ0) is 15.4. The van der Waals surface area contributed by atoms with E-state index in [1.807, 2.05) is 0 Å². The number of alkyl halides is 2. The molecular weight excluding hydrogens is 266 g/mol. The van der Waals surface area contributed by atoms with Crippen LogP contribution in [0.2, 0.25) is 0 Å². The van der Waals surface area contributed by atoms with Gasteiger partial charge in [0.2, 0.25) is 0 Å². The number of hydrogen-bond acceptors (Lipinski definition) is 0. The number of halogens is 2. The Morgan fingerprint density at radius 3 is 1.00 bits per heavy atom. The van der Waals surface area contributed by atoms with Crippen molar-refractivity contribution in [2.75, 3.05) is 13.3 Å². The van der Waals surface area contributed by atoms with Gasteiger partial charge in [-0.25, -0.2) is 0 Å². The van der Waals surface area contributed by atoms with E-state index in [2.05, 4.69) is 12.2 Å². The predicted octanol–water partition coefficient (Wildman–Crippen LogP) is 7.33. The molecule has 0 aromatic carbocycles. The van der Waals surface area contributed by atoms with E-state index in [9.17, 15) is 8.78 Å². The lowest BCUT2D eigenvalue weighted by atomic mass is 10.1. The van der Waals surface area contributed by atoms with Crippen molar-refractivity contribution in [2.24, 2.45) is 0 Å². The van der Waals surface area contributed by atoms with Crippen molar-refractivity contribution in [3.63, 3.8) is 0 Å². The van der Waals surface area contributed by atoms with Crippen LogP contribution in [0.1, 0.15) is 96.3 Å². The number of allylic oxidation sites excluding steroid dienone is 2. The third kappa shape index (κ3) is 19.6. The molecule has 0 rings (SSSR count). The van der Waals surface area contributed by atoms with E-state index in [1.54, 1.807) is 0 Å². The van der Waals surface area contributed by atoms with Crippen LogP contribution in [0.25, 0.3) is 0 Å². The molecule has 0 N–H and O–H groups in total. The third-order valence-electron chi connectivity index (χ3n) is 3.93. The highest BCUT2D eigenvalue weighted by atomic mass is 19.1. The summed E-state index contributed by atoms with van der Waals surface area (Å²) in [6.07, 6.45) is 22.1. The van der Waals surface area contributed by atoms with Gasteiger partial charge in [-0.15, -0.1) is 0 Å². The van der Waals surface area contributed by atoms with Gasteiger partial charge in [-0.3, -0.25) is 8.78 Å². The minimum absolute atomic E-state index is 0.150. The Morgan fingerprint density at radius 1 is 0.381 bits per heavy atom. The maximum atomic E-state index is 11.9. The molecule has 126 valence electrons. The van der Waals surface area contributed by atoms with Crippen molar-refractivity contribution in [1.29, 1.82) is 0 Å². The fourth-order valence-electron chi connectivity index (χ4n) is 2.54. The minimum Gasteiger partial charge on any atom is -0.251 e. The normalized spacial score (nSPS) is 11.5. The molecular formula is C19H36F2. The zero-order valence-electron chi connectivity index (χ0n) is 13.9. The molecule has 0 saturated carbocycles. The summed E-state index contributed by atoms with van der Waals surface area (Å²) < 4.78 is 23.7. The molecule has 0 fully saturated rings. The molecule has 0 aliphatic rings. The Labute approximate surface area is 131 Å². The molecule has 0 amide bonds. The number of unbranched alkanes of at least 4 members (excludes halogenated alkanes) is 13. The SMILES string of the molecule is FCCCCCCCCC=CCCCCCCCCCF. The van der Waals surface area contributed by atoms with Gasteiger partial charge in [0.05, 0.1) is 13.3 Å². The first-order chi connectivity index (χ1) is 10.4. The largest absolute Gasteiger partial charge is 0.251 e. The van der Waals surface area contributed by atoms with Gasteiger partial charge >= 0.3 is 0 Å². The molecule has 0 saturated heterocycles. The molecule has 0 aliphatic heterocycles. The van der Waals surface area contributed by atoms with Gasteiger partial charge in [0.15, 0.2) is 0 Å². The van der Waals surface area contributed by atoms with Crippen LogP contribution in [0.4, 0.5) is 8.78 Å². The van der Waals surface area contributed by atoms with Gasteiger partial charge in [-0.05, 0) is 38.5 Å². The molecule has 0 aliphatic carbocycles. The maximum absolute atomic E-state index is 11.9. The quantitative estimate of drug-likeness (QED) is 0.195. The Morgan fingerprint density at radius 2 is 0.667 bits per heavy atom. The molecule has 0 aromatic heterocycles. The lowest BCUT2D eigenvalue weighted by molar-refractivity contribution is 0.449. The van der Waals surface area contributed by atoms with Crippen LogP contribution in [-0.4, -0.2) is 13.3 Å². The molecule has 0 unspecified atom stereocenters. The summed E-state index contributed by atoms with van der Waals surface area (Å²) in [5, 5.41) is 0. The van der Waals surface area contributed by atoms with Crippen molar-refractivity contribution in [2.45, 2.75) is 96.3 Å². The molecule has 21 heavy (non-hydrogen) atoms. The van der Waals surface area contributed by atoms with Crippen molar-refractivity contribution in [1.82, 2.24) is 0 Å². The molecule has 0 aromatic rings. The predicted molar refractivity (Wildman–Crippen MR) is 90.3 cm³/mol. The fraction of sp³-hybridized carbons (Fsp3) is 0.895. The summed E-state index contributed by atoms with van der Waals surface area (Å²) in [6.45, 7) is -0.303. The fourth-order valence-corrected chi connectivity index (χ4v) is 2.54. The van der Waals surface area contributed by atoms with Crippen LogP contribution in [0, 0.1) is 0 Å². The molecule has 0 radical (unpaired) electrons. The van der Waals surface area contributed by atoms with Crippen LogP contribution >= 0.6 is 0 Å². The van der Waals surface area contributed by atoms with E-state index < -0.39 is 0 Å². The Bertz CT molecular complexity index is 202. The van der Waals surface area contributed by atoms with Crippen molar-refractivity contribution < 1.29 is 8.78 Å². The molecule has 0 spiro atoms.